The number of carbonyl (C=O) groups excluding carboxylic acids is 2. The van der Waals surface area contributed by atoms with E-state index in [0.717, 1.165) is 24.2 Å². The molecule has 3 aliphatic rings. The summed E-state index contributed by atoms with van der Waals surface area (Å²) in [5.74, 6) is 3.72. The number of thioether (sulfide) groups is 2. The minimum Gasteiger partial charge on any atom is -0.412 e. The van der Waals surface area contributed by atoms with E-state index < -0.39 is 8.32 Å². The van der Waals surface area contributed by atoms with Gasteiger partial charge in [-0.15, -0.1) is 23.5 Å². The van der Waals surface area contributed by atoms with E-state index in [1.54, 1.807) is 0 Å². The number of carbonyl (C=O) groups is 2. The molecule has 3 fully saturated rings. The molecule has 0 radical (unpaired) electrons. The minimum absolute atomic E-state index is 0.0451. The molecule has 0 amide bonds. The average molecular weight is 485 g/mol. The molecule has 0 N–H and O–H groups in total. The van der Waals surface area contributed by atoms with Crippen molar-refractivity contribution >= 4 is 43.9 Å². The van der Waals surface area contributed by atoms with E-state index in [0.29, 0.717) is 22.2 Å². The summed E-state index contributed by atoms with van der Waals surface area (Å²) in [6.07, 6.45) is 3.04. The lowest BCUT2D eigenvalue weighted by molar-refractivity contribution is -0.134. The van der Waals surface area contributed by atoms with Crippen LogP contribution in [0.15, 0.2) is 0 Å². The van der Waals surface area contributed by atoms with Crippen LogP contribution in [-0.4, -0.2) is 42.6 Å². The Hall–Kier alpha value is 0.217. The smallest absolute Gasteiger partial charge is 0.192 e. The highest BCUT2D eigenvalue weighted by Crippen LogP contribution is 2.69. The fourth-order valence-corrected chi connectivity index (χ4v) is 10.4. The summed E-state index contributed by atoms with van der Waals surface area (Å²) < 4.78 is 7.27. The molecule has 1 saturated heterocycles. The maximum atomic E-state index is 14.4. The van der Waals surface area contributed by atoms with Gasteiger partial charge < -0.3 is 9.22 Å². The SMILES string of the molecule is C[C@H](C=O)[C@@H](O[Si](C)(C)C(C)(C)C)[C@@H]1C(=O)[C@@H](C2SCCCS2)[C@H]2[C@@H](C[C@H]1C)C2(C)C. The molecule has 0 bridgehead atoms. The summed E-state index contributed by atoms with van der Waals surface area (Å²) in [5.41, 5.74) is 0.254. The van der Waals surface area contributed by atoms with Crippen molar-refractivity contribution in [1.82, 2.24) is 0 Å². The second-order valence-electron chi connectivity index (χ2n) is 12.4. The van der Waals surface area contributed by atoms with Gasteiger partial charge in [-0.2, -0.15) is 0 Å². The Kier molecular flexibility index (Phi) is 7.59. The number of hydrogen-bond donors (Lipinski definition) is 0. The summed E-state index contributed by atoms with van der Waals surface area (Å²) in [6, 6.07) is 0. The lowest BCUT2D eigenvalue weighted by Gasteiger charge is -2.44. The first-order valence-corrected chi connectivity index (χ1v) is 17.1. The van der Waals surface area contributed by atoms with Gasteiger partial charge in [0.25, 0.3) is 0 Å². The van der Waals surface area contributed by atoms with Crippen molar-refractivity contribution in [2.24, 2.45) is 40.9 Å². The molecule has 1 aliphatic heterocycles. The average Bonchev–Trinajstić information content (AvgIpc) is 3.23. The lowest BCUT2D eigenvalue weighted by Crippen LogP contribution is -2.52. The van der Waals surface area contributed by atoms with Gasteiger partial charge >= 0.3 is 0 Å². The van der Waals surface area contributed by atoms with Crippen LogP contribution in [0.1, 0.15) is 61.3 Å². The van der Waals surface area contributed by atoms with Gasteiger partial charge in [0.1, 0.15) is 12.1 Å². The summed E-state index contributed by atoms with van der Waals surface area (Å²) in [6.45, 7) is 20.1. The molecule has 0 aromatic heterocycles. The van der Waals surface area contributed by atoms with Crippen molar-refractivity contribution in [2.45, 2.75) is 90.1 Å². The number of hydrogen-bond acceptors (Lipinski definition) is 5. The van der Waals surface area contributed by atoms with Crippen molar-refractivity contribution < 1.29 is 14.0 Å². The van der Waals surface area contributed by atoms with Crippen LogP contribution in [0, 0.1) is 40.9 Å². The minimum atomic E-state index is -2.12. The predicted octanol–water partition coefficient (Wildman–Crippen LogP) is 6.52. The first-order valence-electron chi connectivity index (χ1n) is 12.1. The number of aldehydes is 1. The highest BCUT2D eigenvalue weighted by atomic mass is 32.2. The van der Waals surface area contributed by atoms with Crippen LogP contribution >= 0.6 is 23.5 Å². The molecular formula is C25H44O3S2Si. The van der Waals surface area contributed by atoms with Crippen LogP contribution in [0.3, 0.4) is 0 Å². The van der Waals surface area contributed by atoms with Gasteiger partial charge in [-0.05, 0) is 65.6 Å². The van der Waals surface area contributed by atoms with Gasteiger partial charge in [-0.3, -0.25) is 4.79 Å². The Labute approximate surface area is 200 Å². The first-order chi connectivity index (χ1) is 14.2. The Morgan fingerprint density at radius 2 is 1.77 bits per heavy atom. The second kappa shape index (κ2) is 9.11. The van der Waals surface area contributed by atoms with Gasteiger partial charge in [0, 0.05) is 17.8 Å². The van der Waals surface area contributed by atoms with Crippen LogP contribution in [0.2, 0.25) is 18.1 Å². The molecule has 178 valence electrons. The largest absolute Gasteiger partial charge is 0.412 e. The van der Waals surface area contributed by atoms with Crippen LogP contribution in [0.4, 0.5) is 0 Å². The van der Waals surface area contributed by atoms with Gasteiger partial charge in [0.05, 0.1) is 10.7 Å². The van der Waals surface area contributed by atoms with Crippen LogP contribution in [0.5, 0.6) is 0 Å². The Morgan fingerprint density at radius 3 is 2.29 bits per heavy atom. The second-order valence-corrected chi connectivity index (χ2v) is 20.0. The zero-order valence-electron chi connectivity index (χ0n) is 21.1. The maximum Gasteiger partial charge on any atom is 0.192 e. The number of ketones is 1. The van der Waals surface area contributed by atoms with Crippen molar-refractivity contribution in [3.05, 3.63) is 0 Å². The highest BCUT2D eigenvalue weighted by Gasteiger charge is 2.67. The molecular weight excluding hydrogens is 440 g/mol. The van der Waals surface area contributed by atoms with Crippen molar-refractivity contribution in [1.29, 1.82) is 0 Å². The number of fused-ring (bicyclic) bond motifs is 1. The van der Waals surface area contributed by atoms with Crippen LogP contribution in [0.25, 0.3) is 0 Å². The maximum absolute atomic E-state index is 14.4. The van der Waals surface area contributed by atoms with Crippen molar-refractivity contribution in [2.75, 3.05) is 11.5 Å². The molecule has 2 aliphatic carbocycles. The van der Waals surface area contributed by atoms with E-state index in [2.05, 4.69) is 54.6 Å². The molecule has 7 atom stereocenters. The van der Waals surface area contributed by atoms with E-state index in [9.17, 15) is 9.59 Å². The fourth-order valence-electron chi connectivity index (χ4n) is 5.78. The van der Waals surface area contributed by atoms with Crippen LogP contribution in [-0.2, 0) is 14.0 Å². The van der Waals surface area contributed by atoms with Crippen molar-refractivity contribution in [3.63, 3.8) is 0 Å². The Morgan fingerprint density at radius 1 is 1.19 bits per heavy atom. The topological polar surface area (TPSA) is 43.4 Å². The third-order valence-corrected chi connectivity index (χ3v) is 16.5. The molecule has 3 nitrogen and oxygen atoms in total. The third kappa shape index (κ3) is 4.88. The number of rotatable bonds is 6. The molecule has 1 heterocycles. The molecule has 6 heteroatoms. The van der Waals surface area contributed by atoms with Gasteiger partial charge in [0.2, 0.25) is 0 Å². The third-order valence-electron chi connectivity index (χ3n) is 8.89. The van der Waals surface area contributed by atoms with E-state index >= 15 is 0 Å². The molecule has 3 rings (SSSR count). The molecule has 0 spiro atoms. The summed E-state index contributed by atoms with van der Waals surface area (Å²) >= 11 is 4.00. The molecule has 0 aromatic rings. The molecule has 2 saturated carbocycles. The Bertz CT molecular complexity index is 681. The zero-order chi connectivity index (χ0) is 23.4. The zero-order valence-corrected chi connectivity index (χ0v) is 23.7. The first kappa shape index (κ1) is 25.8. The van der Waals surface area contributed by atoms with Gasteiger partial charge in [-0.25, -0.2) is 0 Å². The normalized spacial score (nSPS) is 36.3. The standard InChI is InChI=1S/C25H44O3S2Si/c1-15-13-17-20(25(17,6)7)19(23-29-11-10-12-30-23)21(27)18(15)22(16(2)14-26)28-31(8,9)24(3,4)5/h14-20,22-23H,10-13H2,1-9H3/t15-,16-,17-,18+,19+,20-,22-/m1/s1. The summed E-state index contributed by atoms with van der Waals surface area (Å²) in [7, 11) is -2.12. The van der Waals surface area contributed by atoms with E-state index in [-0.39, 0.29) is 40.2 Å². The fraction of sp³-hybridized carbons (Fsp3) is 0.920. The highest BCUT2D eigenvalue weighted by molar-refractivity contribution is 8.17. The summed E-state index contributed by atoms with van der Waals surface area (Å²) in [4.78, 5) is 26.4. The van der Waals surface area contributed by atoms with Gasteiger partial charge in [-0.1, -0.05) is 48.5 Å². The predicted molar refractivity (Wildman–Crippen MR) is 137 cm³/mol. The van der Waals surface area contributed by atoms with E-state index in [4.69, 9.17) is 4.43 Å². The Balaban J connectivity index is 1.98. The quantitative estimate of drug-likeness (QED) is 0.317. The molecule has 31 heavy (non-hydrogen) atoms. The molecule has 0 aromatic carbocycles. The van der Waals surface area contributed by atoms with E-state index in [1.165, 1.54) is 6.42 Å². The lowest BCUT2D eigenvalue weighted by atomic mass is 9.75. The molecule has 0 unspecified atom stereocenters. The number of Topliss-reactive ketones (excluding diaryl/α,β-unsaturated/α-hetero) is 1. The monoisotopic (exact) mass is 484 g/mol. The summed E-state index contributed by atoms with van der Waals surface area (Å²) in [5, 5.41) is 0.0451. The van der Waals surface area contributed by atoms with Gasteiger partial charge in [0.15, 0.2) is 8.32 Å². The van der Waals surface area contributed by atoms with Crippen LogP contribution < -0.4 is 0 Å². The van der Waals surface area contributed by atoms with E-state index in [1.807, 2.05) is 30.4 Å². The van der Waals surface area contributed by atoms with Crippen molar-refractivity contribution in [3.8, 4) is 0 Å².